The van der Waals surface area contributed by atoms with Crippen molar-refractivity contribution in [2.24, 2.45) is 23.7 Å². The zero-order valence-corrected chi connectivity index (χ0v) is 19.8. The molecule has 182 valence electrons. The van der Waals surface area contributed by atoms with Crippen molar-refractivity contribution < 1.29 is 14.6 Å². The summed E-state index contributed by atoms with van der Waals surface area (Å²) in [6.07, 6.45) is 15.5. The van der Waals surface area contributed by atoms with Gasteiger partial charge in [0.05, 0.1) is 24.9 Å². The Labute approximate surface area is 197 Å². The first-order valence-corrected chi connectivity index (χ1v) is 13.5. The molecule has 4 bridgehead atoms. The maximum atomic E-state index is 13.5. The third-order valence-corrected chi connectivity index (χ3v) is 9.09. The molecule has 1 heterocycles. The van der Waals surface area contributed by atoms with Gasteiger partial charge in [-0.15, -0.1) is 0 Å². The van der Waals surface area contributed by atoms with Crippen molar-refractivity contribution >= 4 is 5.91 Å². The van der Waals surface area contributed by atoms with E-state index in [-0.39, 0.29) is 11.9 Å². The van der Waals surface area contributed by atoms with Gasteiger partial charge in [0.25, 0.3) is 5.91 Å². The lowest BCUT2D eigenvalue weighted by Crippen LogP contribution is -2.61. The predicted octanol–water partition coefficient (Wildman–Crippen LogP) is 3.26. The van der Waals surface area contributed by atoms with E-state index >= 15 is 0 Å². The molecule has 6 aliphatic rings. The lowest BCUT2D eigenvalue weighted by atomic mass is 9.52. The number of aliphatic hydroxyl groups is 1. The molecule has 6 saturated carbocycles. The molecular formula is C26H40N4O3. The van der Waals surface area contributed by atoms with Gasteiger partial charge in [0, 0.05) is 18.6 Å². The summed E-state index contributed by atoms with van der Waals surface area (Å²) in [5, 5.41) is 22.4. The molecule has 3 N–H and O–H groups in total. The molecule has 7 nitrogen and oxygen atoms in total. The summed E-state index contributed by atoms with van der Waals surface area (Å²) in [5.74, 6) is 2.59. The molecule has 7 heteroatoms. The normalized spacial score (nSPS) is 35.7. The molecule has 2 atom stereocenters. The second-order valence-corrected chi connectivity index (χ2v) is 11.8. The third kappa shape index (κ3) is 4.68. The summed E-state index contributed by atoms with van der Waals surface area (Å²) in [5.41, 5.74) is 0.0931. The first-order valence-electron chi connectivity index (χ1n) is 13.5. The van der Waals surface area contributed by atoms with Crippen LogP contribution in [0.1, 0.15) is 87.4 Å². The van der Waals surface area contributed by atoms with Crippen LogP contribution in [0.15, 0.2) is 6.20 Å². The van der Waals surface area contributed by atoms with Crippen LogP contribution in [0, 0.1) is 23.7 Å². The fourth-order valence-electron chi connectivity index (χ4n) is 7.50. The fraction of sp³-hybridized carbons (Fsp3) is 0.846. The molecular weight excluding hydrogens is 416 g/mol. The van der Waals surface area contributed by atoms with Crippen LogP contribution in [0.5, 0.6) is 5.88 Å². The Morgan fingerprint density at radius 3 is 2.58 bits per heavy atom. The van der Waals surface area contributed by atoms with Gasteiger partial charge in [0.2, 0.25) is 5.88 Å². The van der Waals surface area contributed by atoms with Crippen molar-refractivity contribution in [2.45, 2.75) is 101 Å². The summed E-state index contributed by atoms with van der Waals surface area (Å²) in [4.78, 5) is 13.5. The van der Waals surface area contributed by atoms with E-state index in [0.717, 1.165) is 38.6 Å². The number of amides is 1. The Balaban J connectivity index is 1.15. The number of carbonyl (C=O) groups excluding carboxylic acids is 1. The van der Waals surface area contributed by atoms with E-state index < -0.39 is 5.60 Å². The summed E-state index contributed by atoms with van der Waals surface area (Å²) >= 11 is 0. The maximum Gasteiger partial charge on any atom is 0.258 e. The highest BCUT2D eigenvalue weighted by molar-refractivity contribution is 5.96. The lowest BCUT2D eigenvalue weighted by molar-refractivity contribution is -0.136. The third-order valence-electron chi connectivity index (χ3n) is 9.09. The Bertz CT molecular complexity index is 844. The molecule has 7 rings (SSSR count). The van der Waals surface area contributed by atoms with Crippen molar-refractivity contribution in [1.82, 2.24) is 20.4 Å². The number of carbonyl (C=O) groups is 1. The Kier molecular flexibility index (Phi) is 5.89. The average molecular weight is 457 g/mol. The van der Waals surface area contributed by atoms with E-state index in [0.29, 0.717) is 54.3 Å². The largest absolute Gasteiger partial charge is 0.477 e. The minimum absolute atomic E-state index is 0.0560. The molecule has 6 aliphatic carbocycles. The van der Waals surface area contributed by atoms with Gasteiger partial charge in [0.15, 0.2) is 0 Å². The van der Waals surface area contributed by atoms with Gasteiger partial charge >= 0.3 is 0 Å². The van der Waals surface area contributed by atoms with Crippen LogP contribution in [0.2, 0.25) is 0 Å². The van der Waals surface area contributed by atoms with Gasteiger partial charge in [0.1, 0.15) is 5.56 Å². The number of nitrogens with one attached hydrogen (secondary N) is 2. The summed E-state index contributed by atoms with van der Waals surface area (Å²) in [6.45, 7) is 2.23. The zero-order valence-electron chi connectivity index (χ0n) is 19.8. The summed E-state index contributed by atoms with van der Waals surface area (Å²) in [7, 11) is 0. The van der Waals surface area contributed by atoms with Crippen molar-refractivity contribution in [2.75, 3.05) is 13.2 Å². The monoisotopic (exact) mass is 456 g/mol. The van der Waals surface area contributed by atoms with Crippen LogP contribution in [0.3, 0.4) is 0 Å². The van der Waals surface area contributed by atoms with Crippen molar-refractivity contribution in [3.8, 4) is 5.88 Å². The summed E-state index contributed by atoms with van der Waals surface area (Å²) < 4.78 is 8.22. The van der Waals surface area contributed by atoms with Crippen LogP contribution in [0.25, 0.3) is 0 Å². The molecule has 0 saturated heterocycles. The predicted molar refractivity (Wildman–Crippen MR) is 125 cm³/mol. The minimum Gasteiger partial charge on any atom is -0.477 e. The van der Waals surface area contributed by atoms with Gasteiger partial charge in [-0.05, 0) is 81.5 Å². The molecule has 1 aromatic rings. The maximum absolute atomic E-state index is 13.5. The molecule has 6 fully saturated rings. The number of rotatable bonds is 9. The fourth-order valence-corrected chi connectivity index (χ4v) is 7.50. The number of aromatic nitrogens is 2. The van der Waals surface area contributed by atoms with Crippen LogP contribution in [-0.2, 0) is 6.54 Å². The van der Waals surface area contributed by atoms with Gasteiger partial charge in [-0.1, -0.05) is 19.3 Å². The molecule has 0 aliphatic heterocycles. The molecule has 0 aromatic carbocycles. The molecule has 1 amide bonds. The van der Waals surface area contributed by atoms with Crippen molar-refractivity contribution in [3.05, 3.63) is 11.8 Å². The van der Waals surface area contributed by atoms with E-state index in [9.17, 15) is 9.90 Å². The van der Waals surface area contributed by atoms with Crippen LogP contribution >= 0.6 is 0 Å². The number of nitrogens with zero attached hydrogens (tertiary/aromatic N) is 2. The first-order chi connectivity index (χ1) is 16.1. The topological polar surface area (TPSA) is 88.4 Å². The Morgan fingerprint density at radius 2 is 1.88 bits per heavy atom. The summed E-state index contributed by atoms with van der Waals surface area (Å²) in [6, 6.07) is 0.821. The van der Waals surface area contributed by atoms with E-state index in [1.54, 1.807) is 6.20 Å². The van der Waals surface area contributed by atoms with E-state index in [1.165, 1.54) is 44.9 Å². The van der Waals surface area contributed by atoms with E-state index in [4.69, 9.17) is 4.74 Å². The second kappa shape index (κ2) is 8.88. The van der Waals surface area contributed by atoms with Crippen molar-refractivity contribution in [3.63, 3.8) is 0 Å². The van der Waals surface area contributed by atoms with Gasteiger partial charge in [-0.25, -0.2) is 4.68 Å². The van der Waals surface area contributed by atoms with Crippen LogP contribution < -0.4 is 15.4 Å². The molecule has 0 spiro atoms. The number of hydrogen-bond donors (Lipinski definition) is 3. The van der Waals surface area contributed by atoms with Crippen molar-refractivity contribution in [1.29, 1.82) is 0 Å². The number of hydrogen-bond acceptors (Lipinski definition) is 5. The Hall–Kier alpha value is -1.60. The lowest BCUT2D eigenvalue weighted by Gasteiger charge is -2.58. The van der Waals surface area contributed by atoms with E-state index in [1.807, 2.05) is 4.68 Å². The molecule has 1 aromatic heterocycles. The second-order valence-electron chi connectivity index (χ2n) is 11.8. The molecule has 33 heavy (non-hydrogen) atoms. The zero-order chi connectivity index (χ0) is 22.4. The molecule has 0 radical (unpaired) electrons. The SMILES string of the molecule is O=C(NC1C2CC3CC1CC(O)(C3)C2)c1cnn(CCNC2CC2)c1OCC1CCCCC1. The first kappa shape index (κ1) is 21.9. The highest BCUT2D eigenvalue weighted by Crippen LogP contribution is 2.55. The number of ether oxygens (including phenoxy) is 1. The van der Waals surface area contributed by atoms with Crippen LogP contribution in [0.4, 0.5) is 0 Å². The quantitative estimate of drug-likeness (QED) is 0.531. The minimum atomic E-state index is -0.481. The van der Waals surface area contributed by atoms with Gasteiger partial charge < -0.3 is 20.5 Å². The average Bonchev–Trinajstić information content (AvgIpc) is 3.52. The Morgan fingerprint density at radius 1 is 1.12 bits per heavy atom. The smallest absolute Gasteiger partial charge is 0.258 e. The standard InChI is InChI=1S/C26H40N4O3/c31-24(29-23-19-10-18-11-20(23)14-26(32,12-18)13-19)22-15-28-30(9-8-27-21-6-7-21)25(22)33-16-17-4-2-1-3-5-17/h15,17-21,23,27,32H,1-14,16H2,(H,29,31). The van der Waals surface area contributed by atoms with Gasteiger partial charge in [-0.2, -0.15) is 5.10 Å². The highest BCUT2D eigenvalue weighted by atomic mass is 16.5. The van der Waals surface area contributed by atoms with E-state index in [2.05, 4.69) is 15.7 Å². The van der Waals surface area contributed by atoms with Gasteiger partial charge in [-0.3, -0.25) is 4.79 Å². The molecule has 2 unspecified atom stereocenters. The highest BCUT2D eigenvalue weighted by Gasteiger charge is 2.55. The van der Waals surface area contributed by atoms with Crippen LogP contribution in [-0.4, -0.2) is 51.6 Å².